The molecule has 1 saturated carbocycles. The number of urea groups is 1. The highest BCUT2D eigenvalue weighted by atomic mass is 16.2. The van der Waals surface area contributed by atoms with E-state index in [1.54, 1.807) is 0 Å². The molecule has 0 saturated heterocycles. The van der Waals surface area contributed by atoms with Crippen molar-refractivity contribution in [3.8, 4) is 0 Å². The molecule has 0 heterocycles. The third-order valence-electron chi connectivity index (χ3n) is 3.05. The van der Waals surface area contributed by atoms with Crippen molar-refractivity contribution in [1.29, 1.82) is 0 Å². The monoisotopic (exact) mass is 212 g/mol. The maximum absolute atomic E-state index is 11.7. The summed E-state index contributed by atoms with van der Waals surface area (Å²) in [6.45, 7) is 10.4. The second-order valence-corrected chi connectivity index (χ2v) is 6.28. The van der Waals surface area contributed by atoms with Crippen molar-refractivity contribution in [3.63, 3.8) is 0 Å². The average Bonchev–Trinajstić information content (AvgIpc) is 2.26. The molecule has 1 rings (SSSR count). The van der Waals surface area contributed by atoms with E-state index in [0.717, 1.165) is 6.42 Å². The zero-order valence-corrected chi connectivity index (χ0v) is 10.6. The van der Waals surface area contributed by atoms with Crippen LogP contribution in [0.25, 0.3) is 0 Å². The second kappa shape index (κ2) is 4.03. The minimum Gasteiger partial charge on any atom is -0.335 e. The number of hydrogen-bond donors (Lipinski definition) is 2. The molecule has 1 unspecified atom stereocenters. The zero-order valence-electron chi connectivity index (χ0n) is 10.6. The van der Waals surface area contributed by atoms with E-state index in [2.05, 4.69) is 24.5 Å². The summed E-state index contributed by atoms with van der Waals surface area (Å²) in [5.74, 6) is 0. The van der Waals surface area contributed by atoms with E-state index in [0.29, 0.717) is 6.04 Å². The van der Waals surface area contributed by atoms with Gasteiger partial charge in [-0.3, -0.25) is 0 Å². The van der Waals surface area contributed by atoms with Crippen molar-refractivity contribution in [2.45, 2.75) is 65.5 Å². The van der Waals surface area contributed by atoms with Crippen LogP contribution >= 0.6 is 0 Å². The largest absolute Gasteiger partial charge is 0.335 e. The van der Waals surface area contributed by atoms with E-state index in [-0.39, 0.29) is 17.0 Å². The molecule has 2 N–H and O–H groups in total. The van der Waals surface area contributed by atoms with Crippen LogP contribution in [0.2, 0.25) is 0 Å². The summed E-state index contributed by atoms with van der Waals surface area (Å²) in [6, 6.07) is 0.280. The highest BCUT2D eigenvalue weighted by molar-refractivity contribution is 5.75. The van der Waals surface area contributed by atoms with Crippen LogP contribution in [0.4, 0.5) is 4.79 Å². The fourth-order valence-corrected chi connectivity index (χ4v) is 2.13. The number of hydrogen-bond acceptors (Lipinski definition) is 1. The predicted molar refractivity (Wildman–Crippen MR) is 62.8 cm³/mol. The van der Waals surface area contributed by atoms with Crippen molar-refractivity contribution in [2.24, 2.45) is 5.41 Å². The van der Waals surface area contributed by atoms with Gasteiger partial charge >= 0.3 is 6.03 Å². The summed E-state index contributed by atoms with van der Waals surface area (Å²) in [5.41, 5.74) is 0.0854. The molecule has 0 aromatic carbocycles. The minimum atomic E-state index is -0.160. The normalized spacial score (nSPS) is 25.0. The molecule has 2 amide bonds. The Labute approximate surface area is 93.0 Å². The van der Waals surface area contributed by atoms with Gasteiger partial charge in [0.05, 0.1) is 0 Å². The van der Waals surface area contributed by atoms with Gasteiger partial charge in [-0.25, -0.2) is 4.79 Å². The molecule has 15 heavy (non-hydrogen) atoms. The molecule has 0 radical (unpaired) electrons. The van der Waals surface area contributed by atoms with Crippen molar-refractivity contribution in [1.82, 2.24) is 10.6 Å². The smallest absolute Gasteiger partial charge is 0.315 e. The van der Waals surface area contributed by atoms with Crippen molar-refractivity contribution in [3.05, 3.63) is 0 Å². The van der Waals surface area contributed by atoms with Gasteiger partial charge in [0.25, 0.3) is 0 Å². The summed E-state index contributed by atoms with van der Waals surface area (Å²) < 4.78 is 0. The molecule has 3 nitrogen and oxygen atoms in total. The van der Waals surface area contributed by atoms with E-state index >= 15 is 0 Å². The molecule has 0 aromatic rings. The summed E-state index contributed by atoms with van der Waals surface area (Å²) in [6.07, 6.45) is 3.52. The third-order valence-corrected chi connectivity index (χ3v) is 3.05. The van der Waals surface area contributed by atoms with Crippen LogP contribution in [0.5, 0.6) is 0 Å². The molecule has 1 atom stereocenters. The molecule has 0 aliphatic heterocycles. The fourth-order valence-electron chi connectivity index (χ4n) is 2.13. The molecule has 0 aromatic heterocycles. The van der Waals surface area contributed by atoms with Crippen molar-refractivity contribution in [2.75, 3.05) is 0 Å². The number of carbonyl (C=O) groups excluding carboxylic acids is 1. The Bertz CT molecular complexity index is 240. The van der Waals surface area contributed by atoms with Crippen molar-refractivity contribution >= 4 is 6.03 Å². The molecule has 1 aliphatic rings. The Balaban J connectivity index is 2.45. The van der Waals surface area contributed by atoms with Crippen LogP contribution in [0.1, 0.15) is 53.9 Å². The summed E-state index contributed by atoms with van der Waals surface area (Å²) in [7, 11) is 0. The number of rotatable bonds is 1. The average molecular weight is 212 g/mol. The highest BCUT2D eigenvalue weighted by Crippen LogP contribution is 2.37. The lowest BCUT2D eigenvalue weighted by Crippen LogP contribution is -2.51. The first-order valence-electron chi connectivity index (χ1n) is 5.79. The highest BCUT2D eigenvalue weighted by Gasteiger charge is 2.35. The van der Waals surface area contributed by atoms with Crippen LogP contribution in [-0.2, 0) is 0 Å². The Hall–Kier alpha value is -0.730. The maximum atomic E-state index is 11.7. The number of amides is 2. The van der Waals surface area contributed by atoms with Crippen LogP contribution in [0.15, 0.2) is 0 Å². The van der Waals surface area contributed by atoms with Gasteiger partial charge in [-0.1, -0.05) is 20.3 Å². The van der Waals surface area contributed by atoms with Crippen molar-refractivity contribution < 1.29 is 4.79 Å². The van der Waals surface area contributed by atoms with Crippen LogP contribution < -0.4 is 10.6 Å². The zero-order chi connectivity index (χ0) is 11.7. The predicted octanol–water partition coefficient (Wildman–Crippen LogP) is 2.66. The fraction of sp³-hybridized carbons (Fsp3) is 0.917. The Kier molecular flexibility index (Phi) is 3.31. The number of nitrogens with one attached hydrogen (secondary N) is 2. The van der Waals surface area contributed by atoms with Crippen LogP contribution in [-0.4, -0.2) is 17.6 Å². The Morgan fingerprint density at radius 2 is 1.93 bits per heavy atom. The van der Waals surface area contributed by atoms with Crippen LogP contribution in [0, 0.1) is 5.41 Å². The first-order chi connectivity index (χ1) is 6.71. The van der Waals surface area contributed by atoms with Gasteiger partial charge in [-0.2, -0.15) is 0 Å². The summed E-state index contributed by atoms with van der Waals surface area (Å²) in [5, 5.41) is 6.01. The molecule has 1 aliphatic carbocycles. The van der Waals surface area contributed by atoms with Crippen LogP contribution in [0.3, 0.4) is 0 Å². The van der Waals surface area contributed by atoms with Gasteiger partial charge in [0.15, 0.2) is 0 Å². The molecule has 88 valence electrons. The Morgan fingerprint density at radius 3 is 2.33 bits per heavy atom. The molecule has 0 bridgehead atoms. The standard InChI is InChI=1S/C12H24N2O/c1-11(2,3)14-10(15)13-9-7-6-8-12(9,4)5/h9H,6-8H2,1-5H3,(H2,13,14,15). The molecular weight excluding hydrogens is 188 g/mol. The number of carbonyl (C=O) groups is 1. The maximum Gasteiger partial charge on any atom is 0.315 e. The lowest BCUT2D eigenvalue weighted by Gasteiger charge is -2.29. The topological polar surface area (TPSA) is 41.1 Å². The van der Waals surface area contributed by atoms with Gasteiger partial charge in [-0.05, 0) is 39.0 Å². The Morgan fingerprint density at radius 1 is 1.33 bits per heavy atom. The van der Waals surface area contributed by atoms with Gasteiger partial charge in [0, 0.05) is 11.6 Å². The first-order valence-corrected chi connectivity index (χ1v) is 5.79. The van der Waals surface area contributed by atoms with Gasteiger partial charge in [0.2, 0.25) is 0 Å². The van der Waals surface area contributed by atoms with Gasteiger partial charge < -0.3 is 10.6 Å². The molecule has 1 fully saturated rings. The SMILES string of the molecule is CC(C)(C)NC(=O)NC1CCCC1(C)C. The van der Waals surface area contributed by atoms with E-state index in [4.69, 9.17) is 0 Å². The van der Waals surface area contributed by atoms with E-state index in [1.165, 1.54) is 12.8 Å². The molecular formula is C12H24N2O. The minimum absolute atomic E-state index is 0.0394. The molecule has 3 heteroatoms. The lowest BCUT2D eigenvalue weighted by molar-refractivity contribution is 0.214. The van der Waals surface area contributed by atoms with E-state index < -0.39 is 0 Å². The first kappa shape index (κ1) is 12.3. The van der Waals surface area contributed by atoms with E-state index in [9.17, 15) is 4.79 Å². The second-order valence-electron chi connectivity index (χ2n) is 6.28. The lowest BCUT2D eigenvalue weighted by atomic mass is 9.87. The summed E-state index contributed by atoms with van der Waals surface area (Å²) >= 11 is 0. The van der Waals surface area contributed by atoms with E-state index in [1.807, 2.05) is 20.8 Å². The van der Waals surface area contributed by atoms with Gasteiger partial charge in [-0.15, -0.1) is 0 Å². The quantitative estimate of drug-likeness (QED) is 0.689. The summed E-state index contributed by atoms with van der Waals surface area (Å²) in [4.78, 5) is 11.7. The van der Waals surface area contributed by atoms with Gasteiger partial charge in [0.1, 0.15) is 0 Å². The third kappa shape index (κ3) is 3.73. The molecule has 0 spiro atoms.